The molecule has 8 nitrogen and oxygen atoms in total. The van der Waals surface area contributed by atoms with E-state index < -0.39 is 0 Å². The SMILES string of the molecule is C=C1CCCN1CCCNC(=O)c1ccc(N2CCN(c3ccccc3C)CC2)c(NC(=O)c2cccc(C#N)c2)c1. The number of anilines is 3. The van der Waals surface area contributed by atoms with E-state index in [1.54, 1.807) is 30.3 Å². The van der Waals surface area contributed by atoms with Gasteiger partial charge in [-0.15, -0.1) is 0 Å². The van der Waals surface area contributed by atoms with Gasteiger partial charge in [-0.3, -0.25) is 9.59 Å². The molecule has 2 amide bonds. The Morgan fingerprint density at radius 1 is 0.881 bits per heavy atom. The van der Waals surface area contributed by atoms with Gasteiger partial charge in [0.05, 0.1) is 23.0 Å². The van der Waals surface area contributed by atoms with Crippen LogP contribution in [0.3, 0.4) is 0 Å². The lowest BCUT2D eigenvalue weighted by Gasteiger charge is -2.38. The van der Waals surface area contributed by atoms with Gasteiger partial charge in [-0.1, -0.05) is 30.8 Å². The van der Waals surface area contributed by atoms with Crippen molar-refractivity contribution in [3.63, 3.8) is 0 Å². The van der Waals surface area contributed by atoms with Crippen molar-refractivity contribution >= 4 is 28.9 Å². The minimum Gasteiger partial charge on any atom is -0.375 e. The summed E-state index contributed by atoms with van der Waals surface area (Å²) in [5.74, 6) is -0.497. The van der Waals surface area contributed by atoms with E-state index in [1.165, 1.54) is 16.9 Å². The number of amides is 2. The number of carbonyl (C=O) groups excluding carboxylic acids is 2. The molecule has 2 heterocycles. The summed E-state index contributed by atoms with van der Waals surface area (Å²) in [6.45, 7) is 12.0. The molecule has 2 saturated heterocycles. The van der Waals surface area contributed by atoms with E-state index in [9.17, 15) is 14.9 Å². The summed E-state index contributed by atoms with van der Waals surface area (Å²) >= 11 is 0. The normalized spacial score (nSPS) is 15.0. The molecule has 2 aliphatic rings. The van der Waals surface area contributed by atoms with Crippen LogP contribution in [0.15, 0.2) is 79.0 Å². The van der Waals surface area contributed by atoms with Crippen molar-refractivity contribution in [3.05, 3.63) is 101 Å². The largest absolute Gasteiger partial charge is 0.375 e. The summed E-state index contributed by atoms with van der Waals surface area (Å²) in [6, 6.07) is 22.6. The number of hydrogen-bond acceptors (Lipinski definition) is 6. The zero-order chi connectivity index (χ0) is 29.5. The van der Waals surface area contributed by atoms with Gasteiger partial charge in [0, 0.05) is 68.3 Å². The van der Waals surface area contributed by atoms with Crippen LogP contribution in [0.4, 0.5) is 17.1 Å². The Labute approximate surface area is 248 Å². The molecule has 0 aliphatic carbocycles. The number of carbonyl (C=O) groups is 2. The van der Waals surface area contributed by atoms with Crippen molar-refractivity contribution in [2.75, 3.05) is 60.9 Å². The standard InChI is InChI=1S/C34H38N6O2/c1-25-8-3-4-12-31(25)39-18-20-40(21-19-39)32-14-13-29(33(41)36-15-7-17-38-16-6-9-26(38)2)23-30(32)37-34(42)28-11-5-10-27(22-28)24-35/h3-5,8,10-14,22-23H,2,6-7,9,15-21H2,1H3,(H,36,41)(H,37,42). The first kappa shape index (κ1) is 28.7. The number of para-hydroxylation sites is 1. The van der Waals surface area contributed by atoms with E-state index in [0.717, 1.165) is 64.2 Å². The second kappa shape index (κ2) is 13.3. The molecule has 8 heteroatoms. The number of benzene rings is 3. The number of allylic oxidation sites excluding steroid dienone is 1. The maximum absolute atomic E-state index is 13.3. The Hall–Kier alpha value is -4.77. The van der Waals surface area contributed by atoms with Crippen LogP contribution in [0.25, 0.3) is 0 Å². The van der Waals surface area contributed by atoms with Gasteiger partial charge in [0.15, 0.2) is 0 Å². The minimum absolute atomic E-state index is 0.173. The molecule has 0 atom stereocenters. The molecule has 0 saturated carbocycles. The van der Waals surface area contributed by atoms with Crippen LogP contribution in [0.2, 0.25) is 0 Å². The molecule has 0 aromatic heterocycles. The minimum atomic E-state index is -0.324. The number of rotatable bonds is 9. The lowest BCUT2D eigenvalue weighted by molar-refractivity contribution is 0.0951. The van der Waals surface area contributed by atoms with Crippen molar-refractivity contribution in [1.82, 2.24) is 10.2 Å². The summed E-state index contributed by atoms with van der Waals surface area (Å²) in [4.78, 5) is 33.3. The average molecular weight is 563 g/mol. The third-order valence-electron chi connectivity index (χ3n) is 8.07. The van der Waals surface area contributed by atoms with Crippen LogP contribution in [-0.2, 0) is 0 Å². The first-order valence-corrected chi connectivity index (χ1v) is 14.6. The fraction of sp³-hybridized carbons (Fsp3) is 0.324. The van der Waals surface area contributed by atoms with Gasteiger partial charge in [0.25, 0.3) is 11.8 Å². The highest BCUT2D eigenvalue weighted by Gasteiger charge is 2.23. The summed E-state index contributed by atoms with van der Waals surface area (Å²) < 4.78 is 0. The molecule has 0 bridgehead atoms. The molecule has 2 fully saturated rings. The van der Waals surface area contributed by atoms with Crippen molar-refractivity contribution in [3.8, 4) is 6.07 Å². The van der Waals surface area contributed by atoms with Gasteiger partial charge < -0.3 is 25.3 Å². The highest BCUT2D eigenvalue weighted by atomic mass is 16.2. The maximum Gasteiger partial charge on any atom is 0.255 e. The van der Waals surface area contributed by atoms with E-state index in [4.69, 9.17) is 0 Å². The molecule has 3 aromatic carbocycles. The van der Waals surface area contributed by atoms with Crippen LogP contribution in [-0.4, -0.2) is 62.5 Å². The molecule has 216 valence electrons. The second-order valence-corrected chi connectivity index (χ2v) is 10.9. The van der Waals surface area contributed by atoms with E-state index in [-0.39, 0.29) is 11.8 Å². The Balaban J connectivity index is 1.31. The molecule has 3 aromatic rings. The number of nitriles is 1. The van der Waals surface area contributed by atoms with Gasteiger partial charge in [0.2, 0.25) is 0 Å². The quantitative estimate of drug-likeness (QED) is 0.350. The van der Waals surface area contributed by atoms with E-state index in [1.807, 2.05) is 12.1 Å². The summed E-state index contributed by atoms with van der Waals surface area (Å²) in [5.41, 5.74) is 6.41. The maximum atomic E-state index is 13.3. The first-order chi connectivity index (χ1) is 20.4. The van der Waals surface area contributed by atoms with Crippen LogP contribution in [0, 0.1) is 18.3 Å². The fourth-order valence-corrected chi connectivity index (χ4v) is 5.72. The number of nitrogens with zero attached hydrogens (tertiary/aromatic N) is 4. The molecule has 0 radical (unpaired) electrons. The third kappa shape index (κ3) is 6.74. The number of aryl methyl sites for hydroxylation is 1. The zero-order valence-electron chi connectivity index (χ0n) is 24.2. The van der Waals surface area contributed by atoms with Gasteiger partial charge in [-0.25, -0.2) is 0 Å². The van der Waals surface area contributed by atoms with Crippen LogP contribution >= 0.6 is 0 Å². The highest BCUT2D eigenvalue weighted by molar-refractivity contribution is 6.07. The van der Waals surface area contributed by atoms with Crippen molar-refractivity contribution in [2.45, 2.75) is 26.2 Å². The molecule has 42 heavy (non-hydrogen) atoms. The average Bonchev–Trinajstić information content (AvgIpc) is 3.43. The zero-order valence-corrected chi connectivity index (χ0v) is 24.2. The number of piperazine rings is 1. The molecule has 0 spiro atoms. The fourth-order valence-electron chi connectivity index (χ4n) is 5.72. The lowest BCUT2D eigenvalue weighted by Crippen LogP contribution is -2.47. The number of nitrogens with one attached hydrogen (secondary N) is 2. The van der Waals surface area contributed by atoms with Gasteiger partial charge >= 0.3 is 0 Å². The number of hydrogen-bond donors (Lipinski definition) is 2. The van der Waals surface area contributed by atoms with E-state index >= 15 is 0 Å². The van der Waals surface area contributed by atoms with Crippen molar-refractivity contribution < 1.29 is 9.59 Å². The van der Waals surface area contributed by atoms with Crippen LogP contribution in [0.1, 0.15) is 51.1 Å². The summed E-state index contributed by atoms with van der Waals surface area (Å²) in [6.07, 6.45) is 3.04. The molecule has 2 aliphatic heterocycles. The van der Waals surface area contributed by atoms with Gasteiger partial charge in [-0.2, -0.15) is 5.26 Å². The summed E-state index contributed by atoms with van der Waals surface area (Å²) in [7, 11) is 0. The van der Waals surface area contributed by atoms with Crippen LogP contribution < -0.4 is 20.4 Å². The Morgan fingerprint density at radius 2 is 1.62 bits per heavy atom. The molecule has 2 N–H and O–H groups in total. The summed E-state index contributed by atoms with van der Waals surface area (Å²) in [5, 5.41) is 15.3. The Morgan fingerprint density at radius 3 is 2.33 bits per heavy atom. The third-order valence-corrected chi connectivity index (χ3v) is 8.07. The molecular formula is C34H38N6O2. The Bertz CT molecular complexity index is 1500. The predicted octanol–water partition coefficient (Wildman–Crippen LogP) is 5.18. The van der Waals surface area contributed by atoms with Crippen LogP contribution in [0.5, 0.6) is 0 Å². The lowest BCUT2D eigenvalue weighted by atomic mass is 10.1. The monoisotopic (exact) mass is 562 g/mol. The van der Waals surface area contributed by atoms with Gasteiger partial charge in [-0.05, 0) is 74.2 Å². The molecule has 5 rings (SSSR count). The van der Waals surface area contributed by atoms with E-state index in [2.05, 4.69) is 69.2 Å². The smallest absolute Gasteiger partial charge is 0.255 e. The van der Waals surface area contributed by atoms with E-state index in [0.29, 0.717) is 28.9 Å². The predicted molar refractivity (Wildman–Crippen MR) is 168 cm³/mol. The van der Waals surface area contributed by atoms with Gasteiger partial charge in [0.1, 0.15) is 0 Å². The van der Waals surface area contributed by atoms with Crippen molar-refractivity contribution in [1.29, 1.82) is 5.26 Å². The first-order valence-electron chi connectivity index (χ1n) is 14.6. The molecular weight excluding hydrogens is 524 g/mol. The number of likely N-dealkylation sites (tertiary alicyclic amines) is 1. The topological polar surface area (TPSA) is 91.7 Å². The highest BCUT2D eigenvalue weighted by Crippen LogP contribution is 2.30. The molecule has 0 unspecified atom stereocenters. The second-order valence-electron chi connectivity index (χ2n) is 10.9. The Kier molecular flexibility index (Phi) is 9.08. The van der Waals surface area contributed by atoms with Crippen molar-refractivity contribution in [2.24, 2.45) is 0 Å².